The zero-order valence-corrected chi connectivity index (χ0v) is 12.2. The van der Waals surface area contributed by atoms with Crippen LogP contribution in [-0.2, 0) is 9.53 Å². The van der Waals surface area contributed by atoms with Gasteiger partial charge in [-0.15, -0.1) is 0 Å². The van der Waals surface area contributed by atoms with Crippen molar-refractivity contribution in [2.75, 3.05) is 0 Å². The molecule has 0 aliphatic heterocycles. The molecule has 106 valence electrons. The van der Waals surface area contributed by atoms with Gasteiger partial charge in [0.1, 0.15) is 6.10 Å². The molecule has 0 aromatic rings. The van der Waals surface area contributed by atoms with Crippen LogP contribution in [0.3, 0.4) is 0 Å². The molecule has 0 bridgehead atoms. The van der Waals surface area contributed by atoms with Gasteiger partial charge < -0.3 is 4.74 Å². The number of carbonyl (C=O) groups is 1. The van der Waals surface area contributed by atoms with E-state index in [0.717, 1.165) is 32.1 Å². The molecule has 18 heavy (non-hydrogen) atoms. The predicted octanol–water partition coefficient (Wildman–Crippen LogP) is 4.86. The van der Waals surface area contributed by atoms with Crippen molar-refractivity contribution in [1.82, 2.24) is 0 Å². The van der Waals surface area contributed by atoms with Crippen LogP contribution < -0.4 is 0 Å². The number of rotatable bonds is 8. The standard InChI is InChI=1S/C16H30O2/c1-3-5-7-11-14(10-4-2)16(17)18-15-12-8-6-9-13-15/h14-15H,3-13H2,1-2H3. The number of esters is 1. The minimum absolute atomic E-state index is 0.0832. The zero-order chi connectivity index (χ0) is 13.2. The highest BCUT2D eigenvalue weighted by molar-refractivity contribution is 5.72. The van der Waals surface area contributed by atoms with Crippen LogP contribution in [-0.4, -0.2) is 12.1 Å². The lowest BCUT2D eigenvalue weighted by Crippen LogP contribution is -2.26. The van der Waals surface area contributed by atoms with Gasteiger partial charge in [-0.25, -0.2) is 0 Å². The largest absolute Gasteiger partial charge is 0.462 e. The Morgan fingerprint density at radius 2 is 1.78 bits per heavy atom. The minimum Gasteiger partial charge on any atom is -0.462 e. The summed E-state index contributed by atoms with van der Waals surface area (Å²) in [6.45, 7) is 4.36. The second-order valence-electron chi connectivity index (χ2n) is 5.68. The lowest BCUT2D eigenvalue weighted by molar-refractivity contribution is -0.156. The quantitative estimate of drug-likeness (QED) is 0.457. The topological polar surface area (TPSA) is 26.3 Å². The van der Waals surface area contributed by atoms with E-state index in [-0.39, 0.29) is 18.0 Å². The second-order valence-corrected chi connectivity index (χ2v) is 5.68. The molecule has 2 nitrogen and oxygen atoms in total. The summed E-state index contributed by atoms with van der Waals surface area (Å²) >= 11 is 0. The van der Waals surface area contributed by atoms with Crippen LogP contribution in [0.15, 0.2) is 0 Å². The van der Waals surface area contributed by atoms with Gasteiger partial charge in [-0.05, 0) is 38.5 Å². The molecular weight excluding hydrogens is 224 g/mol. The molecule has 1 unspecified atom stereocenters. The van der Waals surface area contributed by atoms with Crippen molar-refractivity contribution in [1.29, 1.82) is 0 Å². The molecule has 1 rings (SSSR count). The van der Waals surface area contributed by atoms with Crippen LogP contribution in [0.5, 0.6) is 0 Å². The monoisotopic (exact) mass is 254 g/mol. The van der Waals surface area contributed by atoms with Crippen molar-refractivity contribution in [3.8, 4) is 0 Å². The van der Waals surface area contributed by atoms with E-state index in [1.165, 1.54) is 38.5 Å². The Morgan fingerprint density at radius 3 is 2.39 bits per heavy atom. The molecule has 0 aromatic heterocycles. The molecule has 2 heteroatoms. The molecule has 0 N–H and O–H groups in total. The van der Waals surface area contributed by atoms with Gasteiger partial charge in [0.2, 0.25) is 0 Å². The van der Waals surface area contributed by atoms with Crippen molar-refractivity contribution in [2.45, 2.75) is 90.6 Å². The smallest absolute Gasteiger partial charge is 0.309 e. The summed E-state index contributed by atoms with van der Waals surface area (Å²) in [6, 6.07) is 0. The third kappa shape index (κ3) is 5.88. The van der Waals surface area contributed by atoms with Gasteiger partial charge in [0, 0.05) is 0 Å². The Morgan fingerprint density at radius 1 is 1.06 bits per heavy atom. The Bertz CT molecular complexity index is 219. The summed E-state index contributed by atoms with van der Waals surface area (Å²) in [5.41, 5.74) is 0. The lowest BCUT2D eigenvalue weighted by Gasteiger charge is -2.24. The summed E-state index contributed by atoms with van der Waals surface area (Å²) in [5, 5.41) is 0. The maximum absolute atomic E-state index is 12.2. The first-order chi connectivity index (χ1) is 8.77. The van der Waals surface area contributed by atoms with E-state index in [1.807, 2.05) is 0 Å². The normalized spacial score (nSPS) is 18.6. The maximum Gasteiger partial charge on any atom is 0.309 e. The summed E-state index contributed by atoms with van der Waals surface area (Å²) in [5.74, 6) is 0.239. The van der Waals surface area contributed by atoms with Gasteiger partial charge >= 0.3 is 5.97 Å². The summed E-state index contributed by atoms with van der Waals surface area (Å²) in [6.07, 6.45) is 12.9. The van der Waals surface area contributed by atoms with Crippen molar-refractivity contribution < 1.29 is 9.53 Å². The fourth-order valence-electron chi connectivity index (χ4n) is 2.81. The van der Waals surface area contributed by atoms with E-state index in [4.69, 9.17) is 4.74 Å². The van der Waals surface area contributed by atoms with Gasteiger partial charge in [-0.3, -0.25) is 4.79 Å². The summed E-state index contributed by atoms with van der Waals surface area (Å²) in [7, 11) is 0. The summed E-state index contributed by atoms with van der Waals surface area (Å²) in [4.78, 5) is 12.2. The van der Waals surface area contributed by atoms with E-state index < -0.39 is 0 Å². The molecule has 0 saturated heterocycles. The highest BCUT2D eigenvalue weighted by Gasteiger charge is 2.23. The fraction of sp³-hybridized carbons (Fsp3) is 0.938. The number of carbonyl (C=O) groups excluding carboxylic acids is 1. The SMILES string of the molecule is CCCCCC(CCC)C(=O)OC1CCCCC1. The molecule has 0 radical (unpaired) electrons. The Labute approximate surface area is 112 Å². The highest BCUT2D eigenvalue weighted by atomic mass is 16.5. The number of hydrogen-bond acceptors (Lipinski definition) is 2. The number of ether oxygens (including phenoxy) is 1. The van der Waals surface area contributed by atoms with Crippen LogP contribution in [0.1, 0.15) is 84.5 Å². The molecule has 0 spiro atoms. The minimum atomic E-state index is 0.0832. The third-order valence-electron chi connectivity index (χ3n) is 3.96. The first-order valence-corrected chi connectivity index (χ1v) is 7.98. The van der Waals surface area contributed by atoms with Crippen LogP contribution in [0.25, 0.3) is 0 Å². The van der Waals surface area contributed by atoms with Gasteiger partial charge in [0.05, 0.1) is 5.92 Å². The van der Waals surface area contributed by atoms with Crippen LogP contribution >= 0.6 is 0 Å². The van der Waals surface area contributed by atoms with Gasteiger partial charge in [-0.2, -0.15) is 0 Å². The van der Waals surface area contributed by atoms with Crippen molar-refractivity contribution in [3.63, 3.8) is 0 Å². The molecule has 1 aliphatic carbocycles. The third-order valence-corrected chi connectivity index (χ3v) is 3.96. The molecule has 0 amide bonds. The van der Waals surface area contributed by atoms with Crippen molar-refractivity contribution in [2.24, 2.45) is 5.92 Å². The Hall–Kier alpha value is -0.530. The molecule has 1 atom stereocenters. The first kappa shape index (κ1) is 15.5. The molecule has 0 aromatic carbocycles. The highest BCUT2D eigenvalue weighted by Crippen LogP contribution is 2.24. The average molecular weight is 254 g/mol. The zero-order valence-electron chi connectivity index (χ0n) is 12.2. The van der Waals surface area contributed by atoms with Gasteiger partial charge in [0.25, 0.3) is 0 Å². The molecule has 1 saturated carbocycles. The van der Waals surface area contributed by atoms with E-state index in [0.29, 0.717) is 0 Å². The maximum atomic E-state index is 12.2. The molecule has 1 fully saturated rings. The molecular formula is C16H30O2. The van der Waals surface area contributed by atoms with Crippen molar-refractivity contribution >= 4 is 5.97 Å². The molecule has 0 heterocycles. The van der Waals surface area contributed by atoms with E-state index >= 15 is 0 Å². The van der Waals surface area contributed by atoms with Gasteiger partial charge in [0.15, 0.2) is 0 Å². The van der Waals surface area contributed by atoms with E-state index in [1.54, 1.807) is 0 Å². The van der Waals surface area contributed by atoms with Crippen molar-refractivity contribution in [3.05, 3.63) is 0 Å². The summed E-state index contributed by atoms with van der Waals surface area (Å²) < 4.78 is 5.70. The second kappa shape index (κ2) is 9.41. The lowest BCUT2D eigenvalue weighted by atomic mass is 9.95. The Kier molecular flexibility index (Phi) is 8.11. The van der Waals surface area contributed by atoms with Crippen LogP contribution in [0, 0.1) is 5.92 Å². The molecule has 1 aliphatic rings. The van der Waals surface area contributed by atoms with Crippen LogP contribution in [0.2, 0.25) is 0 Å². The predicted molar refractivity (Wildman–Crippen MR) is 75.5 cm³/mol. The first-order valence-electron chi connectivity index (χ1n) is 7.98. The average Bonchev–Trinajstić information content (AvgIpc) is 2.39. The number of hydrogen-bond donors (Lipinski definition) is 0. The van der Waals surface area contributed by atoms with E-state index in [9.17, 15) is 4.79 Å². The van der Waals surface area contributed by atoms with Crippen LogP contribution in [0.4, 0.5) is 0 Å². The van der Waals surface area contributed by atoms with Gasteiger partial charge in [-0.1, -0.05) is 46.0 Å². The Balaban J connectivity index is 2.32. The van der Waals surface area contributed by atoms with E-state index in [2.05, 4.69) is 13.8 Å². The number of unbranched alkanes of at least 4 members (excludes halogenated alkanes) is 2. The fourth-order valence-corrected chi connectivity index (χ4v) is 2.81.